The number of fused-ring (bicyclic) bond motifs is 1. The Morgan fingerprint density at radius 3 is 2.76 bits per heavy atom. The maximum atomic E-state index is 9.46. The lowest BCUT2D eigenvalue weighted by Gasteiger charge is -2.25. The molecule has 3 aromatic heterocycles. The molecule has 168 valence electrons. The van der Waals surface area contributed by atoms with Crippen molar-refractivity contribution < 1.29 is 0 Å². The Bertz CT molecular complexity index is 1310. The minimum Gasteiger partial charge on any atom is -0.371 e. The van der Waals surface area contributed by atoms with E-state index in [1.807, 2.05) is 42.8 Å². The molecule has 1 aliphatic rings. The van der Waals surface area contributed by atoms with Gasteiger partial charge in [-0.2, -0.15) is 14.9 Å². The van der Waals surface area contributed by atoms with Crippen LogP contribution in [-0.2, 0) is 0 Å². The molecule has 0 spiro atoms. The third kappa shape index (κ3) is 4.28. The maximum Gasteiger partial charge on any atom is 0.177 e. The smallest absolute Gasteiger partial charge is 0.177 e. The van der Waals surface area contributed by atoms with Gasteiger partial charge in [0.05, 0.1) is 17.6 Å². The molecule has 1 atom stereocenters. The van der Waals surface area contributed by atoms with Crippen molar-refractivity contribution in [3.05, 3.63) is 48.7 Å². The molecule has 1 fully saturated rings. The van der Waals surface area contributed by atoms with Gasteiger partial charge in [0.25, 0.3) is 0 Å². The first kappa shape index (κ1) is 20.7. The number of nitrogens with zero attached hydrogens (tertiary/aromatic N) is 8. The Hall–Kier alpha value is -4.17. The number of benzene rings is 1. The predicted molar refractivity (Wildman–Crippen MR) is 126 cm³/mol. The standard InChI is InChI=1S/C22H25N11/c1-14(24)11-31(2)18-6-5-17(7-19(18)32-12-25-26-13-32)28-20-8-21(29-16-3-4-16)33-22(30-20)15(9-23)10-27-33/h5-8,10,12-14,16,29H,3-4,11,24H2,1-2H3,(H,28,30)/t14-/m0/s1. The molecule has 1 aliphatic carbocycles. The fourth-order valence-corrected chi connectivity index (χ4v) is 3.78. The lowest BCUT2D eigenvalue weighted by Crippen LogP contribution is -2.33. The summed E-state index contributed by atoms with van der Waals surface area (Å²) in [6.45, 7) is 2.68. The van der Waals surface area contributed by atoms with Gasteiger partial charge in [0, 0.05) is 37.4 Å². The molecule has 3 heterocycles. The van der Waals surface area contributed by atoms with Crippen molar-refractivity contribution in [2.45, 2.75) is 31.8 Å². The first-order valence-corrected chi connectivity index (χ1v) is 10.8. The molecule has 11 heteroatoms. The highest BCUT2D eigenvalue weighted by Gasteiger charge is 2.23. The van der Waals surface area contributed by atoms with Gasteiger partial charge >= 0.3 is 0 Å². The van der Waals surface area contributed by atoms with Crippen LogP contribution in [0.25, 0.3) is 11.3 Å². The van der Waals surface area contributed by atoms with E-state index < -0.39 is 0 Å². The van der Waals surface area contributed by atoms with Crippen LogP contribution in [0.3, 0.4) is 0 Å². The van der Waals surface area contributed by atoms with E-state index in [2.05, 4.69) is 41.9 Å². The zero-order valence-electron chi connectivity index (χ0n) is 18.5. The van der Waals surface area contributed by atoms with E-state index in [-0.39, 0.29) is 6.04 Å². The number of likely N-dealkylation sites (N-methyl/N-ethyl adjacent to an activating group) is 1. The van der Waals surface area contributed by atoms with Crippen LogP contribution >= 0.6 is 0 Å². The molecule has 4 aromatic rings. The number of rotatable bonds is 8. The highest BCUT2D eigenvalue weighted by atomic mass is 15.3. The molecule has 1 saturated carbocycles. The van der Waals surface area contributed by atoms with E-state index in [0.717, 1.165) is 35.7 Å². The molecule has 0 aliphatic heterocycles. The average Bonchev–Trinajstić information content (AvgIpc) is 3.26. The van der Waals surface area contributed by atoms with Crippen molar-refractivity contribution in [3.8, 4) is 11.8 Å². The highest BCUT2D eigenvalue weighted by molar-refractivity contribution is 5.73. The number of nitrogens with two attached hydrogens (primary N) is 1. The molecule has 0 saturated heterocycles. The fraction of sp³-hybridized carbons (Fsp3) is 0.318. The van der Waals surface area contributed by atoms with Gasteiger partial charge in [-0.1, -0.05) is 0 Å². The summed E-state index contributed by atoms with van der Waals surface area (Å²) in [6, 6.07) is 10.6. The van der Waals surface area contributed by atoms with E-state index >= 15 is 0 Å². The van der Waals surface area contributed by atoms with Crippen molar-refractivity contribution in [1.82, 2.24) is 29.4 Å². The molecule has 0 unspecified atom stereocenters. The number of nitriles is 1. The van der Waals surface area contributed by atoms with Gasteiger partial charge in [0.2, 0.25) is 0 Å². The summed E-state index contributed by atoms with van der Waals surface area (Å²) in [4.78, 5) is 6.76. The molecular formula is C22H25N11. The van der Waals surface area contributed by atoms with E-state index in [4.69, 9.17) is 5.73 Å². The minimum absolute atomic E-state index is 0.0277. The maximum absolute atomic E-state index is 9.46. The average molecular weight is 444 g/mol. The minimum atomic E-state index is 0.0277. The van der Waals surface area contributed by atoms with Gasteiger partial charge in [-0.15, -0.1) is 10.2 Å². The van der Waals surface area contributed by atoms with Crippen LogP contribution in [0, 0.1) is 11.3 Å². The Kier molecular flexibility index (Phi) is 5.27. The van der Waals surface area contributed by atoms with E-state index in [0.29, 0.717) is 29.6 Å². The van der Waals surface area contributed by atoms with Crippen molar-refractivity contribution in [2.24, 2.45) is 5.73 Å². The number of hydrogen-bond acceptors (Lipinski definition) is 9. The van der Waals surface area contributed by atoms with Gasteiger partial charge in [-0.05, 0) is 38.0 Å². The molecule has 33 heavy (non-hydrogen) atoms. The van der Waals surface area contributed by atoms with E-state index in [9.17, 15) is 5.26 Å². The summed E-state index contributed by atoms with van der Waals surface area (Å²) in [6.07, 6.45) is 7.11. The molecule has 4 N–H and O–H groups in total. The summed E-state index contributed by atoms with van der Waals surface area (Å²) < 4.78 is 3.54. The van der Waals surface area contributed by atoms with E-state index in [1.165, 1.54) is 6.20 Å². The van der Waals surface area contributed by atoms with Crippen molar-refractivity contribution in [3.63, 3.8) is 0 Å². The molecule has 1 aromatic carbocycles. The quantitative estimate of drug-likeness (QED) is 0.374. The van der Waals surface area contributed by atoms with E-state index in [1.54, 1.807) is 17.2 Å². The molecule has 11 nitrogen and oxygen atoms in total. The van der Waals surface area contributed by atoms with Crippen molar-refractivity contribution in [1.29, 1.82) is 5.26 Å². The van der Waals surface area contributed by atoms with Gasteiger partial charge in [0.1, 0.15) is 35.9 Å². The second-order valence-corrected chi connectivity index (χ2v) is 8.41. The fourth-order valence-electron chi connectivity index (χ4n) is 3.78. The highest BCUT2D eigenvalue weighted by Crippen LogP contribution is 2.31. The third-order valence-corrected chi connectivity index (χ3v) is 5.44. The number of anilines is 4. The zero-order chi connectivity index (χ0) is 22.9. The number of hydrogen-bond donors (Lipinski definition) is 3. The summed E-state index contributed by atoms with van der Waals surface area (Å²) in [5.41, 5.74) is 9.70. The van der Waals surface area contributed by atoms with Crippen LogP contribution in [0.2, 0.25) is 0 Å². The Morgan fingerprint density at radius 1 is 1.27 bits per heavy atom. The SMILES string of the molecule is C[C@H](N)CN(C)c1ccc(Nc2cc(NC3CC3)n3ncc(C#N)c3n2)cc1-n1cnnc1. The van der Waals surface area contributed by atoms with Crippen molar-refractivity contribution in [2.75, 3.05) is 29.1 Å². The summed E-state index contributed by atoms with van der Waals surface area (Å²) in [5, 5.41) is 28.6. The molecular weight excluding hydrogens is 418 g/mol. The Labute approximate surface area is 190 Å². The first-order chi connectivity index (χ1) is 16.0. The predicted octanol–water partition coefficient (Wildman–Crippen LogP) is 2.28. The molecule has 0 amide bonds. The van der Waals surface area contributed by atoms with Crippen molar-refractivity contribution >= 4 is 28.7 Å². The monoisotopic (exact) mass is 443 g/mol. The van der Waals surface area contributed by atoms with Crippen LogP contribution in [-0.4, -0.2) is 55.0 Å². The van der Waals surface area contributed by atoms with Crippen LogP contribution < -0.4 is 21.3 Å². The van der Waals surface area contributed by atoms with Crippen LogP contribution in [0.4, 0.5) is 23.0 Å². The van der Waals surface area contributed by atoms with Gasteiger partial charge in [-0.25, -0.2) is 4.98 Å². The number of nitrogens with one attached hydrogen (secondary N) is 2. The summed E-state index contributed by atoms with van der Waals surface area (Å²) in [7, 11) is 2.01. The lowest BCUT2D eigenvalue weighted by molar-refractivity contribution is 0.716. The zero-order valence-corrected chi connectivity index (χ0v) is 18.5. The normalized spacial score (nSPS) is 14.1. The van der Waals surface area contributed by atoms with Gasteiger partial charge in [-0.3, -0.25) is 4.57 Å². The molecule has 5 rings (SSSR count). The van der Waals surface area contributed by atoms with Gasteiger partial charge in [0.15, 0.2) is 5.65 Å². The Morgan fingerprint density at radius 2 is 2.06 bits per heavy atom. The Balaban J connectivity index is 1.52. The number of aromatic nitrogens is 6. The lowest BCUT2D eigenvalue weighted by atomic mass is 10.2. The topological polar surface area (TPSA) is 138 Å². The summed E-state index contributed by atoms with van der Waals surface area (Å²) in [5.74, 6) is 1.42. The molecule has 0 radical (unpaired) electrons. The van der Waals surface area contributed by atoms with Crippen LogP contribution in [0.15, 0.2) is 43.1 Å². The molecule has 0 bridgehead atoms. The van der Waals surface area contributed by atoms with Crippen LogP contribution in [0.5, 0.6) is 0 Å². The van der Waals surface area contributed by atoms with Crippen LogP contribution in [0.1, 0.15) is 25.3 Å². The van der Waals surface area contributed by atoms with Gasteiger partial charge < -0.3 is 21.3 Å². The third-order valence-electron chi connectivity index (χ3n) is 5.44. The first-order valence-electron chi connectivity index (χ1n) is 10.8. The largest absolute Gasteiger partial charge is 0.371 e. The second kappa shape index (κ2) is 8.40. The second-order valence-electron chi connectivity index (χ2n) is 8.41. The summed E-state index contributed by atoms with van der Waals surface area (Å²) >= 11 is 0.